The number of rotatable bonds is 2. The predicted octanol–water partition coefficient (Wildman–Crippen LogP) is 3.67. The third kappa shape index (κ3) is 2.31. The van der Waals surface area contributed by atoms with Crippen molar-refractivity contribution in [1.82, 2.24) is 0 Å². The average molecular weight is 248 g/mol. The number of aryl methyl sites for hydroxylation is 5. The molecule has 0 amide bonds. The summed E-state index contributed by atoms with van der Waals surface area (Å²) < 4.78 is 62.6. The average Bonchev–Trinajstić information content (AvgIpc) is 2.47. The molecule has 1 heteroatoms. The molecule has 0 aliphatic rings. The molecular formula is C17H22N+. The number of pyridine rings is 1. The summed E-state index contributed by atoms with van der Waals surface area (Å²) in [7, 11) is 1.75. The van der Waals surface area contributed by atoms with Gasteiger partial charge in [0, 0.05) is 28.2 Å². The first-order valence-corrected chi connectivity index (χ1v) is 5.78. The molecule has 0 fully saturated rings. The van der Waals surface area contributed by atoms with Gasteiger partial charge in [0.15, 0.2) is 6.20 Å². The Morgan fingerprint density at radius 1 is 1.22 bits per heavy atom. The Balaban J connectivity index is 2.59. The van der Waals surface area contributed by atoms with Crippen LogP contribution in [0.25, 0.3) is 11.3 Å². The lowest BCUT2D eigenvalue weighted by Gasteiger charge is -2.10. The topological polar surface area (TPSA) is 3.88 Å². The van der Waals surface area contributed by atoms with Gasteiger partial charge in [-0.15, -0.1) is 0 Å². The Kier molecular flexibility index (Phi) is 1.65. The lowest BCUT2D eigenvalue weighted by atomic mass is 9.96. The first-order valence-electron chi connectivity index (χ1n) is 9.78. The summed E-state index contributed by atoms with van der Waals surface area (Å²) in [4.78, 5) is 0. The van der Waals surface area contributed by atoms with Crippen LogP contribution in [0.15, 0.2) is 30.5 Å². The van der Waals surface area contributed by atoms with Crippen LogP contribution in [-0.2, 0) is 13.4 Å². The molecule has 0 saturated heterocycles. The van der Waals surface area contributed by atoms with Crippen molar-refractivity contribution in [3.63, 3.8) is 0 Å². The highest BCUT2D eigenvalue weighted by Gasteiger charge is 2.13. The van der Waals surface area contributed by atoms with E-state index in [0.717, 1.165) is 16.8 Å². The minimum atomic E-state index is -2.77. The van der Waals surface area contributed by atoms with Crippen LogP contribution in [0.5, 0.6) is 0 Å². The zero-order valence-corrected chi connectivity index (χ0v) is 10.8. The molecular weight excluding hydrogens is 218 g/mol. The summed E-state index contributed by atoms with van der Waals surface area (Å²) in [5, 5.41) is 0. The Bertz CT molecular complexity index is 834. The maximum absolute atomic E-state index is 8.01. The highest BCUT2D eigenvalue weighted by molar-refractivity contribution is 5.63. The van der Waals surface area contributed by atoms with Gasteiger partial charge in [-0.2, -0.15) is 0 Å². The second-order valence-corrected chi connectivity index (χ2v) is 4.52. The molecule has 2 aromatic rings. The molecule has 0 unspecified atom stereocenters. The molecule has 18 heavy (non-hydrogen) atoms. The Labute approximate surface area is 121 Å². The van der Waals surface area contributed by atoms with E-state index in [1.807, 2.05) is 0 Å². The van der Waals surface area contributed by atoms with Crippen LogP contribution in [0, 0.1) is 20.7 Å². The van der Waals surface area contributed by atoms with Crippen LogP contribution >= 0.6 is 0 Å². The van der Waals surface area contributed by atoms with Crippen molar-refractivity contribution in [3.8, 4) is 11.3 Å². The van der Waals surface area contributed by atoms with Crippen LogP contribution in [0.4, 0.5) is 0 Å². The summed E-state index contributed by atoms with van der Waals surface area (Å²) in [6.45, 7) is -1.50. The third-order valence-corrected chi connectivity index (χ3v) is 3.12. The monoisotopic (exact) mass is 248 g/mol. The molecule has 1 nitrogen and oxygen atoms in total. The van der Waals surface area contributed by atoms with E-state index in [4.69, 9.17) is 11.0 Å². The Hall–Kier alpha value is -1.63. The van der Waals surface area contributed by atoms with E-state index in [0.29, 0.717) is 5.56 Å². The zero-order valence-electron chi connectivity index (χ0n) is 18.8. The fourth-order valence-corrected chi connectivity index (χ4v) is 2.11. The second-order valence-electron chi connectivity index (χ2n) is 4.52. The van der Waals surface area contributed by atoms with E-state index >= 15 is 0 Å². The van der Waals surface area contributed by atoms with Gasteiger partial charge >= 0.3 is 0 Å². The number of aromatic nitrogens is 1. The highest BCUT2D eigenvalue weighted by Crippen LogP contribution is 2.24. The van der Waals surface area contributed by atoms with E-state index < -0.39 is 20.1 Å². The minimum absolute atomic E-state index is 0.139. The van der Waals surface area contributed by atoms with E-state index in [1.54, 1.807) is 55.9 Å². The van der Waals surface area contributed by atoms with Gasteiger partial charge in [0.1, 0.15) is 7.05 Å². The van der Waals surface area contributed by atoms with Crippen molar-refractivity contribution in [3.05, 3.63) is 52.7 Å². The number of benzene rings is 1. The molecule has 1 aromatic heterocycles. The maximum atomic E-state index is 8.01. The SMILES string of the molecule is [2H]C([2H])([2H])c1ccc(-c2cc(C)c(C([2H])([2H])C([2H])([2H])[2H])cc2C)[n+](C)c1. The van der Waals surface area contributed by atoms with Crippen LogP contribution in [-0.4, -0.2) is 0 Å². The first-order chi connectivity index (χ1) is 11.7. The molecule has 1 aromatic carbocycles. The summed E-state index contributed by atoms with van der Waals surface area (Å²) in [6, 6.07) is 6.57. The van der Waals surface area contributed by atoms with Crippen LogP contribution in [0.2, 0.25) is 0 Å². The lowest BCUT2D eigenvalue weighted by molar-refractivity contribution is -0.660. The van der Waals surface area contributed by atoms with E-state index in [-0.39, 0.29) is 11.1 Å². The largest absolute Gasteiger partial charge is 0.212 e. The van der Waals surface area contributed by atoms with Crippen molar-refractivity contribution in [2.45, 2.75) is 33.9 Å². The summed E-state index contributed by atoms with van der Waals surface area (Å²) in [5.74, 6) is 0. The summed E-state index contributed by atoms with van der Waals surface area (Å²) in [5.41, 5.74) is 3.18. The van der Waals surface area contributed by atoms with Gasteiger partial charge in [-0.25, -0.2) is 4.57 Å². The van der Waals surface area contributed by atoms with Gasteiger partial charge in [-0.05, 0) is 55.9 Å². The second kappa shape index (κ2) is 4.93. The number of hydrogen-bond acceptors (Lipinski definition) is 0. The molecule has 94 valence electrons. The van der Waals surface area contributed by atoms with Gasteiger partial charge in [0.25, 0.3) is 0 Å². The van der Waals surface area contributed by atoms with Gasteiger partial charge < -0.3 is 0 Å². The van der Waals surface area contributed by atoms with Crippen LogP contribution in [0.3, 0.4) is 0 Å². The van der Waals surface area contributed by atoms with Crippen molar-refractivity contribution in [1.29, 1.82) is 0 Å². The van der Waals surface area contributed by atoms with E-state index in [2.05, 4.69) is 0 Å². The molecule has 0 aliphatic carbocycles. The summed E-state index contributed by atoms with van der Waals surface area (Å²) in [6.07, 6.45) is -0.902. The molecule has 0 bridgehead atoms. The van der Waals surface area contributed by atoms with Crippen molar-refractivity contribution in [2.75, 3.05) is 0 Å². The quantitative estimate of drug-likeness (QED) is 0.714. The van der Waals surface area contributed by atoms with Crippen LogP contribution < -0.4 is 4.57 Å². The van der Waals surface area contributed by atoms with Gasteiger partial charge in [-0.1, -0.05) is 12.9 Å². The maximum Gasteiger partial charge on any atom is 0.212 e. The molecule has 1 heterocycles. The van der Waals surface area contributed by atoms with Gasteiger partial charge in [-0.3, -0.25) is 0 Å². The number of nitrogens with zero attached hydrogens (tertiary/aromatic N) is 1. The van der Waals surface area contributed by atoms with Crippen molar-refractivity contribution < 1.29 is 15.5 Å². The van der Waals surface area contributed by atoms with Crippen molar-refractivity contribution >= 4 is 0 Å². The highest BCUT2D eigenvalue weighted by atomic mass is 14.9. The lowest BCUT2D eigenvalue weighted by Crippen LogP contribution is -2.31. The van der Waals surface area contributed by atoms with Crippen LogP contribution in [0.1, 0.15) is 40.1 Å². The molecule has 0 radical (unpaired) electrons. The van der Waals surface area contributed by atoms with Crippen molar-refractivity contribution in [2.24, 2.45) is 7.05 Å². The predicted molar refractivity (Wildman–Crippen MR) is 76.6 cm³/mol. The number of hydrogen-bond donors (Lipinski definition) is 0. The Morgan fingerprint density at radius 3 is 2.72 bits per heavy atom. The first kappa shape index (κ1) is 6.01. The van der Waals surface area contributed by atoms with Gasteiger partial charge in [0.05, 0.1) is 0 Å². The fraction of sp³-hybridized carbons (Fsp3) is 0.353. The molecule has 0 saturated carbocycles. The third-order valence-electron chi connectivity index (χ3n) is 3.12. The standard InChI is InChI=1S/C17H22N/c1-6-15-9-14(4)16(10-13(15)3)17-8-7-12(2)11-18(17)5/h7-11H,6H2,1-5H3/q+1/i1D3,2D3,6D2. The zero-order chi connectivity index (χ0) is 20.1. The molecule has 0 N–H and O–H groups in total. The summed E-state index contributed by atoms with van der Waals surface area (Å²) >= 11 is 0. The van der Waals surface area contributed by atoms with E-state index in [1.165, 1.54) is 0 Å². The smallest absolute Gasteiger partial charge is 0.201 e. The van der Waals surface area contributed by atoms with Gasteiger partial charge in [0.2, 0.25) is 5.69 Å². The fourth-order valence-electron chi connectivity index (χ4n) is 2.11. The minimum Gasteiger partial charge on any atom is -0.201 e. The normalized spacial score (nSPS) is 19.5. The Morgan fingerprint density at radius 2 is 2.06 bits per heavy atom. The molecule has 0 aliphatic heterocycles. The van der Waals surface area contributed by atoms with E-state index in [9.17, 15) is 0 Å². The molecule has 2 rings (SSSR count). The molecule has 0 atom stereocenters. The molecule has 0 spiro atoms.